The normalized spacial score (nSPS) is 20.1. The first-order valence-corrected chi connectivity index (χ1v) is 7.70. The van der Waals surface area contributed by atoms with Crippen molar-refractivity contribution in [3.05, 3.63) is 48.3 Å². The van der Waals surface area contributed by atoms with Gasteiger partial charge in [-0.15, -0.1) is 0 Å². The van der Waals surface area contributed by atoms with Gasteiger partial charge in [0.05, 0.1) is 11.9 Å². The third-order valence-corrected chi connectivity index (χ3v) is 4.26. The molecule has 0 spiro atoms. The van der Waals surface area contributed by atoms with Gasteiger partial charge < -0.3 is 0 Å². The SMILES string of the molecule is CCC1CCCCN1Cc1cnn(-c2ccccc2)c1. The third kappa shape index (κ3) is 2.93. The molecular formula is C17H23N3. The lowest BCUT2D eigenvalue weighted by molar-refractivity contribution is 0.136. The first-order chi connectivity index (χ1) is 9.86. The molecule has 0 N–H and O–H groups in total. The Hall–Kier alpha value is -1.61. The second kappa shape index (κ2) is 6.23. The molecule has 2 aromatic rings. The molecule has 0 bridgehead atoms. The zero-order valence-electron chi connectivity index (χ0n) is 12.2. The topological polar surface area (TPSA) is 21.1 Å². The molecule has 3 rings (SSSR count). The van der Waals surface area contributed by atoms with Crippen LogP contribution in [0.15, 0.2) is 42.7 Å². The fourth-order valence-electron chi connectivity index (χ4n) is 3.13. The average Bonchev–Trinajstić information content (AvgIpc) is 2.97. The summed E-state index contributed by atoms with van der Waals surface area (Å²) in [5.74, 6) is 0. The van der Waals surface area contributed by atoms with E-state index >= 15 is 0 Å². The number of piperidine rings is 1. The van der Waals surface area contributed by atoms with Crippen LogP contribution in [-0.2, 0) is 6.54 Å². The van der Waals surface area contributed by atoms with E-state index in [1.165, 1.54) is 37.8 Å². The van der Waals surface area contributed by atoms with Gasteiger partial charge in [0, 0.05) is 24.3 Å². The number of nitrogens with zero attached hydrogens (tertiary/aromatic N) is 3. The molecule has 1 unspecified atom stereocenters. The van der Waals surface area contributed by atoms with E-state index in [0.717, 1.165) is 18.3 Å². The van der Waals surface area contributed by atoms with Gasteiger partial charge in [-0.2, -0.15) is 5.10 Å². The quantitative estimate of drug-likeness (QED) is 0.845. The smallest absolute Gasteiger partial charge is 0.0645 e. The zero-order chi connectivity index (χ0) is 13.8. The Morgan fingerprint density at radius 3 is 2.85 bits per heavy atom. The Morgan fingerprint density at radius 2 is 2.05 bits per heavy atom. The summed E-state index contributed by atoms with van der Waals surface area (Å²) in [6.07, 6.45) is 9.50. The minimum Gasteiger partial charge on any atom is -0.296 e. The molecule has 3 nitrogen and oxygen atoms in total. The molecule has 1 fully saturated rings. The minimum absolute atomic E-state index is 0.754. The number of likely N-dealkylation sites (tertiary alicyclic amines) is 1. The molecule has 2 heterocycles. The van der Waals surface area contributed by atoms with Crippen molar-refractivity contribution in [1.82, 2.24) is 14.7 Å². The summed E-state index contributed by atoms with van der Waals surface area (Å²) in [6.45, 7) is 4.57. The monoisotopic (exact) mass is 269 g/mol. The number of hydrogen-bond acceptors (Lipinski definition) is 2. The maximum absolute atomic E-state index is 4.49. The van der Waals surface area contributed by atoms with Crippen LogP contribution in [0, 0.1) is 0 Å². The van der Waals surface area contributed by atoms with Crippen LogP contribution in [0.2, 0.25) is 0 Å². The lowest BCUT2D eigenvalue weighted by atomic mass is 10.00. The van der Waals surface area contributed by atoms with Crippen molar-refractivity contribution >= 4 is 0 Å². The summed E-state index contributed by atoms with van der Waals surface area (Å²) in [5.41, 5.74) is 2.44. The van der Waals surface area contributed by atoms with Crippen LogP contribution < -0.4 is 0 Å². The summed E-state index contributed by atoms with van der Waals surface area (Å²) in [5, 5.41) is 4.49. The predicted molar refractivity (Wildman–Crippen MR) is 81.9 cm³/mol. The molecule has 0 saturated carbocycles. The number of benzene rings is 1. The largest absolute Gasteiger partial charge is 0.296 e. The van der Waals surface area contributed by atoms with Crippen LogP contribution in [0.25, 0.3) is 5.69 Å². The standard InChI is InChI=1S/C17H23N3/c1-2-16-8-6-7-11-19(16)13-15-12-18-20(14-15)17-9-4-3-5-10-17/h3-5,9-10,12,14,16H,2,6-8,11,13H2,1H3. The van der Waals surface area contributed by atoms with Gasteiger partial charge in [-0.25, -0.2) is 4.68 Å². The van der Waals surface area contributed by atoms with E-state index in [4.69, 9.17) is 0 Å². The highest BCUT2D eigenvalue weighted by Crippen LogP contribution is 2.21. The Bertz CT molecular complexity index is 532. The van der Waals surface area contributed by atoms with Crippen LogP contribution in [0.5, 0.6) is 0 Å². The van der Waals surface area contributed by atoms with Gasteiger partial charge in [-0.05, 0) is 37.9 Å². The summed E-state index contributed by atoms with van der Waals surface area (Å²) >= 11 is 0. The summed E-state index contributed by atoms with van der Waals surface area (Å²) in [7, 11) is 0. The maximum Gasteiger partial charge on any atom is 0.0645 e. The molecular weight excluding hydrogens is 246 g/mol. The van der Waals surface area contributed by atoms with Gasteiger partial charge in [-0.3, -0.25) is 4.90 Å². The van der Waals surface area contributed by atoms with Crippen molar-refractivity contribution in [2.24, 2.45) is 0 Å². The average molecular weight is 269 g/mol. The van der Waals surface area contributed by atoms with E-state index in [0.29, 0.717) is 0 Å². The first kappa shape index (κ1) is 13.4. The predicted octanol–water partition coefficient (Wildman–Crippen LogP) is 3.64. The van der Waals surface area contributed by atoms with E-state index < -0.39 is 0 Å². The van der Waals surface area contributed by atoms with Crippen LogP contribution in [0.1, 0.15) is 38.2 Å². The third-order valence-electron chi connectivity index (χ3n) is 4.26. The highest BCUT2D eigenvalue weighted by atomic mass is 15.3. The van der Waals surface area contributed by atoms with Crippen molar-refractivity contribution in [2.75, 3.05) is 6.54 Å². The number of hydrogen-bond donors (Lipinski definition) is 0. The maximum atomic E-state index is 4.49. The molecule has 1 atom stereocenters. The van der Waals surface area contributed by atoms with Crippen LogP contribution in [0.3, 0.4) is 0 Å². The second-order valence-corrected chi connectivity index (χ2v) is 5.66. The zero-order valence-corrected chi connectivity index (χ0v) is 12.2. The Balaban J connectivity index is 1.71. The molecule has 1 saturated heterocycles. The van der Waals surface area contributed by atoms with E-state index in [1.54, 1.807) is 0 Å². The Labute approximate surface area is 121 Å². The molecule has 1 aromatic carbocycles. The van der Waals surface area contributed by atoms with Crippen molar-refractivity contribution < 1.29 is 0 Å². The molecule has 1 aromatic heterocycles. The molecule has 0 amide bonds. The van der Waals surface area contributed by atoms with Crippen LogP contribution >= 0.6 is 0 Å². The van der Waals surface area contributed by atoms with Crippen LogP contribution in [0.4, 0.5) is 0 Å². The summed E-state index contributed by atoms with van der Waals surface area (Å²) in [4.78, 5) is 2.62. The summed E-state index contributed by atoms with van der Waals surface area (Å²) < 4.78 is 1.97. The van der Waals surface area contributed by atoms with Crippen LogP contribution in [-0.4, -0.2) is 27.3 Å². The van der Waals surface area contributed by atoms with E-state index in [-0.39, 0.29) is 0 Å². The fourth-order valence-corrected chi connectivity index (χ4v) is 3.13. The lowest BCUT2D eigenvalue weighted by Crippen LogP contribution is -2.38. The second-order valence-electron chi connectivity index (χ2n) is 5.66. The fraction of sp³-hybridized carbons (Fsp3) is 0.471. The molecule has 1 aliphatic rings. The summed E-state index contributed by atoms with van der Waals surface area (Å²) in [6, 6.07) is 11.1. The van der Waals surface area contributed by atoms with Gasteiger partial charge >= 0.3 is 0 Å². The Morgan fingerprint density at radius 1 is 1.20 bits per heavy atom. The van der Waals surface area contributed by atoms with Crippen molar-refractivity contribution in [2.45, 2.75) is 45.2 Å². The van der Waals surface area contributed by atoms with Crippen molar-refractivity contribution in [1.29, 1.82) is 0 Å². The molecule has 0 aliphatic carbocycles. The molecule has 20 heavy (non-hydrogen) atoms. The molecule has 1 aliphatic heterocycles. The highest BCUT2D eigenvalue weighted by Gasteiger charge is 2.21. The first-order valence-electron chi connectivity index (χ1n) is 7.70. The van der Waals surface area contributed by atoms with Gasteiger partial charge in [0.25, 0.3) is 0 Å². The van der Waals surface area contributed by atoms with Gasteiger partial charge in [-0.1, -0.05) is 31.5 Å². The molecule has 0 radical (unpaired) electrons. The van der Waals surface area contributed by atoms with Crippen molar-refractivity contribution in [3.63, 3.8) is 0 Å². The van der Waals surface area contributed by atoms with Gasteiger partial charge in [0.15, 0.2) is 0 Å². The Kier molecular flexibility index (Phi) is 4.16. The van der Waals surface area contributed by atoms with Gasteiger partial charge in [0.2, 0.25) is 0 Å². The van der Waals surface area contributed by atoms with E-state index in [1.807, 2.05) is 16.9 Å². The van der Waals surface area contributed by atoms with E-state index in [2.05, 4.69) is 47.4 Å². The minimum atomic E-state index is 0.754. The van der Waals surface area contributed by atoms with E-state index in [9.17, 15) is 0 Å². The van der Waals surface area contributed by atoms with Crippen molar-refractivity contribution in [3.8, 4) is 5.69 Å². The highest BCUT2D eigenvalue weighted by molar-refractivity contribution is 5.30. The number of aromatic nitrogens is 2. The number of rotatable bonds is 4. The molecule has 3 heteroatoms. The number of para-hydroxylation sites is 1. The molecule has 106 valence electrons. The van der Waals surface area contributed by atoms with Gasteiger partial charge in [0.1, 0.15) is 0 Å². The lowest BCUT2D eigenvalue weighted by Gasteiger charge is -2.34.